The van der Waals surface area contributed by atoms with Crippen molar-refractivity contribution in [2.75, 3.05) is 30.6 Å². The van der Waals surface area contributed by atoms with Crippen LogP contribution in [0.2, 0.25) is 0 Å². The molecule has 0 spiro atoms. The van der Waals surface area contributed by atoms with E-state index in [-0.39, 0.29) is 36.2 Å². The molecule has 2 heterocycles. The summed E-state index contributed by atoms with van der Waals surface area (Å²) in [5, 5.41) is 17.5. The molecule has 2 aromatic heterocycles. The second-order valence-electron chi connectivity index (χ2n) is 7.35. The Kier molecular flexibility index (Phi) is 8.64. The Balaban J connectivity index is 1.23. The topological polar surface area (TPSA) is 141 Å². The van der Waals surface area contributed by atoms with Crippen molar-refractivity contribution in [1.29, 1.82) is 0 Å². The third-order valence-electron chi connectivity index (χ3n) is 4.78. The Bertz CT molecular complexity index is 1380. The zero-order valence-electron chi connectivity index (χ0n) is 19.7. The molecule has 11 nitrogen and oxygen atoms in total. The largest absolute Gasteiger partial charge is 0.493 e. The summed E-state index contributed by atoms with van der Waals surface area (Å²) >= 11 is 2.32. The number of methoxy groups -OCH3 is 2. The van der Waals surface area contributed by atoms with Gasteiger partial charge in [0.05, 0.1) is 20.0 Å². The minimum Gasteiger partial charge on any atom is -0.493 e. The minimum absolute atomic E-state index is 0.0829. The van der Waals surface area contributed by atoms with E-state index < -0.39 is 0 Å². The molecule has 14 heteroatoms. The molecule has 37 heavy (non-hydrogen) atoms. The molecule has 0 aliphatic carbocycles. The molecule has 0 saturated heterocycles. The van der Waals surface area contributed by atoms with Crippen molar-refractivity contribution in [2.24, 2.45) is 0 Å². The molecule has 2 N–H and O–H groups in total. The number of ether oxygens (including phenoxy) is 2. The van der Waals surface area contributed by atoms with Gasteiger partial charge in [0.2, 0.25) is 28.7 Å². The van der Waals surface area contributed by atoms with Crippen molar-refractivity contribution in [3.63, 3.8) is 0 Å². The van der Waals surface area contributed by atoms with Gasteiger partial charge >= 0.3 is 0 Å². The number of halogens is 1. The van der Waals surface area contributed by atoms with Crippen LogP contribution in [0.5, 0.6) is 11.5 Å². The summed E-state index contributed by atoms with van der Waals surface area (Å²) in [4.78, 5) is 28.7. The number of thioether (sulfide) groups is 1. The van der Waals surface area contributed by atoms with Crippen LogP contribution in [0.15, 0.2) is 51.3 Å². The molecule has 0 atom stereocenters. The molecule has 0 bridgehead atoms. The first-order valence-electron chi connectivity index (χ1n) is 10.8. The van der Waals surface area contributed by atoms with Crippen molar-refractivity contribution in [3.8, 4) is 22.9 Å². The summed E-state index contributed by atoms with van der Waals surface area (Å²) in [6.07, 6.45) is 0.325. The highest BCUT2D eigenvalue weighted by molar-refractivity contribution is 8.01. The van der Waals surface area contributed by atoms with E-state index in [0.29, 0.717) is 43.9 Å². The number of hydrogen-bond donors (Lipinski definition) is 2. The number of aromatic nitrogens is 4. The Morgan fingerprint density at radius 2 is 1.81 bits per heavy atom. The number of benzene rings is 2. The number of anilines is 2. The third-order valence-corrected chi connectivity index (χ3v) is 6.76. The van der Waals surface area contributed by atoms with Crippen molar-refractivity contribution >= 4 is 45.7 Å². The van der Waals surface area contributed by atoms with E-state index >= 15 is 0 Å². The SMILES string of the molecule is COc1ccc(-c2noc(CCC(=O)Nc3nnc(SCC(=O)Nc4ccc(F)cc4)s3)n2)cc1OC. The first-order valence-corrected chi connectivity index (χ1v) is 12.6. The van der Waals surface area contributed by atoms with E-state index in [2.05, 4.69) is 31.0 Å². The lowest BCUT2D eigenvalue weighted by Crippen LogP contribution is -2.13. The number of carbonyl (C=O) groups is 2. The highest BCUT2D eigenvalue weighted by Crippen LogP contribution is 2.31. The molecule has 0 unspecified atom stereocenters. The predicted molar refractivity (Wildman–Crippen MR) is 135 cm³/mol. The molecule has 2 amide bonds. The number of carbonyl (C=O) groups excluding carboxylic acids is 2. The Morgan fingerprint density at radius 3 is 2.57 bits per heavy atom. The highest BCUT2D eigenvalue weighted by Gasteiger charge is 2.15. The van der Waals surface area contributed by atoms with Crippen LogP contribution in [0, 0.1) is 5.82 Å². The van der Waals surface area contributed by atoms with E-state index in [1.807, 2.05) is 0 Å². The van der Waals surface area contributed by atoms with Crippen molar-refractivity contribution in [2.45, 2.75) is 17.2 Å². The van der Waals surface area contributed by atoms with E-state index in [9.17, 15) is 14.0 Å². The fourth-order valence-electron chi connectivity index (χ4n) is 3.03. The van der Waals surface area contributed by atoms with Gasteiger partial charge in [-0.15, -0.1) is 10.2 Å². The molecule has 192 valence electrons. The Hall–Kier alpha value is -4.04. The quantitative estimate of drug-likeness (QED) is 0.210. The van der Waals surface area contributed by atoms with E-state index in [0.717, 1.165) is 11.3 Å². The van der Waals surface area contributed by atoms with Gasteiger partial charge in [-0.05, 0) is 42.5 Å². The van der Waals surface area contributed by atoms with Crippen LogP contribution in [-0.2, 0) is 16.0 Å². The second-order valence-corrected chi connectivity index (χ2v) is 9.55. The summed E-state index contributed by atoms with van der Waals surface area (Å²) in [6.45, 7) is 0. The zero-order valence-corrected chi connectivity index (χ0v) is 21.3. The molecule has 0 saturated carbocycles. The third kappa shape index (κ3) is 7.24. The van der Waals surface area contributed by atoms with Gasteiger partial charge in [-0.25, -0.2) is 4.39 Å². The Morgan fingerprint density at radius 1 is 1.03 bits per heavy atom. The summed E-state index contributed by atoms with van der Waals surface area (Å²) in [5.74, 6) is 0.918. The summed E-state index contributed by atoms with van der Waals surface area (Å²) in [6, 6.07) is 10.7. The zero-order chi connectivity index (χ0) is 26.2. The molecule has 4 rings (SSSR count). The van der Waals surface area contributed by atoms with Crippen LogP contribution >= 0.6 is 23.1 Å². The van der Waals surface area contributed by atoms with Crippen LogP contribution in [0.1, 0.15) is 12.3 Å². The van der Waals surface area contributed by atoms with Gasteiger partial charge in [0.1, 0.15) is 5.82 Å². The molecule has 0 aliphatic heterocycles. The number of nitrogens with one attached hydrogen (secondary N) is 2. The molecule has 0 fully saturated rings. The maximum absolute atomic E-state index is 13.0. The van der Waals surface area contributed by atoms with Crippen molar-refractivity contribution in [3.05, 3.63) is 54.2 Å². The van der Waals surface area contributed by atoms with Gasteiger partial charge < -0.3 is 24.6 Å². The molecular weight excluding hydrogens is 523 g/mol. The monoisotopic (exact) mass is 544 g/mol. The number of aryl methyl sites for hydroxylation is 1. The summed E-state index contributed by atoms with van der Waals surface area (Å²) in [7, 11) is 3.08. The van der Waals surface area contributed by atoms with Crippen LogP contribution < -0.4 is 20.1 Å². The lowest BCUT2D eigenvalue weighted by molar-refractivity contribution is -0.116. The van der Waals surface area contributed by atoms with Gasteiger partial charge in [0.15, 0.2) is 15.8 Å². The van der Waals surface area contributed by atoms with Crippen molar-refractivity contribution < 1.29 is 28.0 Å². The van der Waals surface area contributed by atoms with Gasteiger partial charge in [-0.1, -0.05) is 28.3 Å². The maximum atomic E-state index is 13.0. The number of nitrogens with zero attached hydrogens (tertiary/aromatic N) is 4. The van der Waals surface area contributed by atoms with E-state index in [4.69, 9.17) is 14.0 Å². The van der Waals surface area contributed by atoms with Crippen molar-refractivity contribution in [1.82, 2.24) is 20.3 Å². The molecule has 4 aromatic rings. The molecule has 0 radical (unpaired) electrons. The summed E-state index contributed by atoms with van der Waals surface area (Å²) < 4.78 is 29.2. The normalized spacial score (nSPS) is 10.7. The van der Waals surface area contributed by atoms with E-state index in [1.165, 1.54) is 43.1 Å². The molecular formula is C23H21FN6O5S2. The maximum Gasteiger partial charge on any atom is 0.234 e. The lowest BCUT2D eigenvalue weighted by Gasteiger charge is -2.07. The van der Waals surface area contributed by atoms with Gasteiger partial charge in [-0.2, -0.15) is 4.98 Å². The average molecular weight is 545 g/mol. The smallest absolute Gasteiger partial charge is 0.234 e. The predicted octanol–water partition coefficient (Wildman–Crippen LogP) is 4.05. The highest BCUT2D eigenvalue weighted by atomic mass is 32.2. The summed E-state index contributed by atoms with van der Waals surface area (Å²) in [5.41, 5.74) is 1.18. The number of amides is 2. The molecule has 2 aromatic carbocycles. The lowest BCUT2D eigenvalue weighted by atomic mass is 10.2. The van der Waals surface area contributed by atoms with Crippen LogP contribution in [-0.4, -0.2) is 52.1 Å². The number of hydrogen-bond acceptors (Lipinski definition) is 11. The van der Waals surface area contributed by atoms with Gasteiger partial charge in [-0.3, -0.25) is 9.59 Å². The van der Waals surface area contributed by atoms with Crippen LogP contribution in [0.3, 0.4) is 0 Å². The second kappa shape index (κ2) is 12.3. The first kappa shape index (κ1) is 26.0. The minimum atomic E-state index is -0.382. The van der Waals surface area contributed by atoms with Crippen LogP contribution in [0.4, 0.5) is 15.2 Å². The van der Waals surface area contributed by atoms with Gasteiger partial charge in [0.25, 0.3) is 0 Å². The van der Waals surface area contributed by atoms with Gasteiger partial charge in [0, 0.05) is 24.1 Å². The van der Waals surface area contributed by atoms with E-state index in [1.54, 1.807) is 25.3 Å². The average Bonchev–Trinajstić information content (AvgIpc) is 3.57. The first-order chi connectivity index (χ1) is 17.9. The fraction of sp³-hybridized carbons (Fsp3) is 0.217. The fourth-order valence-corrected chi connectivity index (χ4v) is 4.60. The number of rotatable bonds is 11. The van der Waals surface area contributed by atoms with Crippen LogP contribution in [0.25, 0.3) is 11.4 Å². The Labute approximate surface area is 218 Å². The molecule has 0 aliphatic rings. The standard InChI is InChI=1S/C23H21FN6O5S2/c1-33-16-8-3-13(11-17(16)34-2)21-27-20(35-30-21)10-9-18(31)26-22-28-29-23(37-22)36-12-19(32)25-15-6-4-14(24)5-7-15/h3-8,11H,9-10,12H2,1-2H3,(H,25,32)(H,26,28,31).